The second-order valence-corrected chi connectivity index (χ2v) is 8.82. The number of likely N-dealkylation sites (tertiary alicyclic amines) is 1. The molecule has 0 saturated carbocycles. The first kappa shape index (κ1) is 21.1. The third-order valence-corrected chi connectivity index (χ3v) is 5.09. The number of nitrogens with zero attached hydrogens (tertiary/aromatic N) is 1. The van der Waals surface area contributed by atoms with Gasteiger partial charge < -0.3 is 16.0 Å². The van der Waals surface area contributed by atoms with E-state index in [1.165, 1.54) is 0 Å². The Labute approximate surface area is 173 Å². The van der Waals surface area contributed by atoms with Crippen molar-refractivity contribution in [3.05, 3.63) is 59.7 Å². The lowest BCUT2D eigenvalue weighted by Crippen LogP contribution is -2.43. The maximum atomic E-state index is 12.4. The average Bonchev–Trinajstić information content (AvgIpc) is 3.21. The van der Waals surface area contributed by atoms with Gasteiger partial charge in [-0.15, -0.1) is 0 Å². The third kappa shape index (κ3) is 5.67. The van der Waals surface area contributed by atoms with E-state index in [-0.39, 0.29) is 17.4 Å². The maximum Gasteiger partial charge on any atom is 0.251 e. The molecule has 1 aliphatic rings. The van der Waals surface area contributed by atoms with Crippen molar-refractivity contribution in [3.63, 3.8) is 0 Å². The largest absolute Gasteiger partial charge is 0.347 e. The van der Waals surface area contributed by atoms with Crippen molar-refractivity contribution >= 4 is 11.8 Å². The van der Waals surface area contributed by atoms with Crippen LogP contribution in [0.15, 0.2) is 48.5 Å². The number of amides is 2. The Bertz CT molecular complexity index is 862. The highest BCUT2D eigenvalue weighted by Crippen LogP contribution is 2.22. The van der Waals surface area contributed by atoms with Crippen molar-refractivity contribution < 1.29 is 9.59 Å². The molecule has 1 aliphatic heterocycles. The molecule has 2 amide bonds. The van der Waals surface area contributed by atoms with Gasteiger partial charge in [-0.05, 0) is 68.9 Å². The lowest BCUT2D eigenvalue weighted by molar-refractivity contribution is -0.131. The maximum absolute atomic E-state index is 12.4. The summed E-state index contributed by atoms with van der Waals surface area (Å²) in [4.78, 5) is 26.7. The molecule has 2 aromatic rings. The van der Waals surface area contributed by atoms with Gasteiger partial charge in [-0.1, -0.05) is 36.4 Å². The fraction of sp³-hybridized carbons (Fsp3) is 0.417. The molecule has 3 N–H and O–H groups in total. The molecule has 1 saturated heterocycles. The van der Waals surface area contributed by atoms with Gasteiger partial charge in [-0.2, -0.15) is 0 Å². The summed E-state index contributed by atoms with van der Waals surface area (Å²) in [6.45, 7) is 7.54. The zero-order valence-electron chi connectivity index (χ0n) is 17.6. The van der Waals surface area contributed by atoms with E-state index >= 15 is 0 Å². The summed E-state index contributed by atoms with van der Waals surface area (Å²) in [5, 5.41) is 2.99. The van der Waals surface area contributed by atoms with E-state index in [1.54, 1.807) is 0 Å². The standard InChI is InChI=1S/C24H31N3O2/c1-24(2,3)26-22(28)20-8-6-7-19(16-20)18-11-9-17(10-12-18)15-21(25)23(29)27-13-4-5-14-27/h6-12,16,21H,4-5,13-15,25H2,1-3H3,(H,26,28)/t21-/m0/s1. The Balaban J connectivity index is 1.67. The van der Waals surface area contributed by atoms with Gasteiger partial charge in [0, 0.05) is 24.2 Å². The van der Waals surface area contributed by atoms with E-state index in [0.29, 0.717) is 12.0 Å². The highest BCUT2D eigenvalue weighted by molar-refractivity contribution is 5.95. The van der Waals surface area contributed by atoms with Crippen LogP contribution in [0.1, 0.15) is 49.5 Å². The summed E-state index contributed by atoms with van der Waals surface area (Å²) in [5.41, 5.74) is 9.55. The van der Waals surface area contributed by atoms with Crippen molar-refractivity contribution in [2.45, 2.75) is 51.6 Å². The monoisotopic (exact) mass is 393 g/mol. The Kier molecular flexibility index (Phi) is 6.38. The summed E-state index contributed by atoms with van der Waals surface area (Å²) < 4.78 is 0. The van der Waals surface area contributed by atoms with Crippen molar-refractivity contribution in [1.82, 2.24) is 10.2 Å². The molecule has 0 spiro atoms. The van der Waals surface area contributed by atoms with E-state index in [0.717, 1.165) is 42.6 Å². The summed E-state index contributed by atoms with van der Waals surface area (Å²) in [6, 6.07) is 15.2. The average molecular weight is 394 g/mol. The summed E-state index contributed by atoms with van der Waals surface area (Å²) in [7, 11) is 0. The number of rotatable bonds is 5. The molecule has 0 aliphatic carbocycles. The molecule has 3 rings (SSSR count). The van der Waals surface area contributed by atoms with Crippen molar-refractivity contribution in [3.8, 4) is 11.1 Å². The van der Waals surface area contributed by atoms with Crippen molar-refractivity contribution in [2.75, 3.05) is 13.1 Å². The Morgan fingerprint density at radius 2 is 1.69 bits per heavy atom. The van der Waals surface area contributed by atoms with Crippen LogP contribution in [0.5, 0.6) is 0 Å². The van der Waals surface area contributed by atoms with Gasteiger partial charge in [0.1, 0.15) is 0 Å². The molecule has 2 aromatic carbocycles. The van der Waals surface area contributed by atoms with Gasteiger partial charge in [-0.25, -0.2) is 0 Å². The van der Waals surface area contributed by atoms with Crippen LogP contribution < -0.4 is 11.1 Å². The third-order valence-electron chi connectivity index (χ3n) is 5.09. The van der Waals surface area contributed by atoms with Crippen LogP contribution in [-0.4, -0.2) is 41.4 Å². The van der Waals surface area contributed by atoms with Crippen LogP contribution in [0.4, 0.5) is 0 Å². The Morgan fingerprint density at radius 1 is 1.03 bits per heavy atom. The molecular formula is C24H31N3O2. The Morgan fingerprint density at radius 3 is 2.31 bits per heavy atom. The number of hydrogen-bond donors (Lipinski definition) is 2. The molecule has 154 valence electrons. The first-order chi connectivity index (χ1) is 13.7. The van der Waals surface area contributed by atoms with E-state index in [2.05, 4.69) is 5.32 Å². The molecule has 0 unspecified atom stereocenters. The first-order valence-corrected chi connectivity index (χ1v) is 10.3. The normalized spacial score (nSPS) is 15.2. The van der Waals surface area contributed by atoms with Crippen LogP contribution in [0, 0.1) is 0 Å². The molecule has 0 aromatic heterocycles. The molecule has 5 heteroatoms. The molecular weight excluding hydrogens is 362 g/mol. The number of carbonyl (C=O) groups excluding carboxylic acids is 2. The topological polar surface area (TPSA) is 75.4 Å². The molecule has 1 heterocycles. The zero-order chi connectivity index (χ0) is 21.0. The van der Waals surface area contributed by atoms with Crippen molar-refractivity contribution in [2.24, 2.45) is 5.73 Å². The van der Waals surface area contributed by atoms with Gasteiger partial charge in [0.2, 0.25) is 5.91 Å². The van der Waals surface area contributed by atoms with Gasteiger partial charge >= 0.3 is 0 Å². The van der Waals surface area contributed by atoms with Crippen LogP contribution >= 0.6 is 0 Å². The predicted molar refractivity (Wildman–Crippen MR) is 117 cm³/mol. The fourth-order valence-electron chi connectivity index (χ4n) is 3.60. The second-order valence-electron chi connectivity index (χ2n) is 8.82. The minimum Gasteiger partial charge on any atom is -0.347 e. The highest BCUT2D eigenvalue weighted by atomic mass is 16.2. The molecule has 1 fully saturated rings. The second kappa shape index (κ2) is 8.78. The van der Waals surface area contributed by atoms with E-state index < -0.39 is 6.04 Å². The fourth-order valence-corrected chi connectivity index (χ4v) is 3.60. The van der Waals surface area contributed by atoms with E-state index in [4.69, 9.17) is 5.73 Å². The number of benzene rings is 2. The molecule has 0 radical (unpaired) electrons. The smallest absolute Gasteiger partial charge is 0.251 e. The highest BCUT2D eigenvalue weighted by Gasteiger charge is 2.23. The van der Waals surface area contributed by atoms with Gasteiger partial charge in [0.15, 0.2) is 0 Å². The summed E-state index contributed by atoms with van der Waals surface area (Å²) in [5.74, 6) is -0.0356. The predicted octanol–water partition coefficient (Wildman–Crippen LogP) is 3.37. The zero-order valence-corrected chi connectivity index (χ0v) is 17.6. The quantitative estimate of drug-likeness (QED) is 0.818. The van der Waals surface area contributed by atoms with E-state index in [1.807, 2.05) is 74.2 Å². The lowest BCUT2D eigenvalue weighted by Gasteiger charge is -2.21. The molecule has 0 bridgehead atoms. The van der Waals surface area contributed by atoms with Crippen molar-refractivity contribution in [1.29, 1.82) is 0 Å². The summed E-state index contributed by atoms with van der Waals surface area (Å²) in [6.07, 6.45) is 2.67. The minimum absolute atomic E-state index is 0.0455. The lowest BCUT2D eigenvalue weighted by atomic mass is 9.99. The van der Waals surface area contributed by atoms with Crippen LogP contribution in [0.3, 0.4) is 0 Å². The number of hydrogen-bond acceptors (Lipinski definition) is 3. The molecule has 1 atom stereocenters. The van der Waals surface area contributed by atoms with Crippen LogP contribution in [-0.2, 0) is 11.2 Å². The van der Waals surface area contributed by atoms with E-state index in [9.17, 15) is 9.59 Å². The number of nitrogens with two attached hydrogens (primary N) is 1. The van der Waals surface area contributed by atoms with Gasteiger partial charge in [-0.3, -0.25) is 9.59 Å². The first-order valence-electron chi connectivity index (χ1n) is 10.3. The molecule has 5 nitrogen and oxygen atoms in total. The van der Waals surface area contributed by atoms with Crippen LogP contribution in [0.2, 0.25) is 0 Å². The summed E-state index contributed by atoms with van der Waals surface area (Å²) >= 11 is 0. The minimum atomic E-state index is -0.497. The SMILES string of the molecule is CC(C)(C)NC(=O)c1cccc(-c2ccc(C[C@H](N)C(=O)N3CCCC3)cc2)c1. The van der Waals surface area contributed by atoms with Gasteiger partial charge in [0.05, 0.1) is 6.04 Å². The van der Waals surface area contributed by atoms with Gasteiger partial charge in [0.25, 0.3) is 5.91 Å². The molecule has 29 heavy (non-hydrogen) atoms. The Hall–Kier alpha value is -2.66. The van der Waals surface area contributed by atoms with Crippen LogP contribution in [0.25, 0.3) is 11.1 Å². The number of carbonyl (C=O) groups is 2. The number of nitrogens with one attached hydrogen (secondary N) is 1.